The number of nitrogens with zero attached hydrogens (tertiary/aromatic N) is 2. The van der Waals surface area contributed by atoms with Gasteiger partial charge in [0.25, 0.3) is 0 Å². The summed E-state index contributed by atoms with van der Waals surface area (Å²) in [5, 5.41) is 17.0. The number of carbonyl (C=O) groups excluding carboxylic acids is 1. The minimum Gasteiger partial charge on any atom is -0.443 e. The van der Waals surface area contributed by atoms with E-state index in [1.54, 1.807) is 0 Å². The van der Waals surface area contributed by atoms with E-state index < -0.39 is 25.2 Å². The molecule has 1 amide bonds. The number of carbonyl (C=O) groups is 1. The number of piperidine rings is 1. The normalized spacial score (nSPS) is 20.8. The van der Waals surface area contributed by atoms with E-state index in [1.165, 1.54) is 4.90 Å². The third kappa shape index (κ3) is 4.15. The van der Waals surface area contributed by atoms with Gasteiger partial charge < -0.3 is 14.7 Å². The summed E-state index contributed by atoms with van der Waals surface area (Å²) in [6, 6.07) is 2.03. The van der Waals surface area contributed by atoms with Crippen LogP contribution in [0.3, 0.4) is 0 Å². The van der Waals surface area contributed by atoms with Gasteiger partial charge in [0.2, 0.25) is 0 Å². The number of nitriles is 1. The summed E-state index contributed by atoms with van der Waals surface area (Å²) in [7, 11) is 0. The van der Waals surface area contributed by atoms with Crippen molar-refractivity contribution in [1.29, 1.82) is 5.26 Å². The molecule has 0 bridgehead atoms. The Balaban J connectivity index is 2.40. The molecule has 0 aromatic heterocycles. The minimum atomic E-state index is -3.42. The lowest BCUT2D eigenvalue weighted by molar-refractivity contribution is -0.0938. The number of rotatable bonds is 3. The number of halogens is 2. The zero-order chi connectivity index (χ0) is 12.9. The molecule has 1 N–H and O–H groups in total. The average molecular weight is 248 g/mol. The summed E-state index contributed by atoms with van der Waals surface area (Å²) in [5.74, 6) is -3.69. The molecule has 1 heterocycles. The standard InChI is InChI=1S/C10H14F2N2O3/c11-10(12,6-15)7-17-9(16)14-3-1-2-8(4-13)5-14/h8,15H,1-3,5-7H2/t8-/m1/s1. The lowest BCUT2D eigenvalue weighted by Gasteiger charge is -2.29. The minimum absolute atomic E-state index is 0.208. The van der Waals surface area contributed by atoms with E-state index in [0.717, 1.165) is 0 Å². The highest BCUT2D eigenvalue weighted by molar-refractivity contribution is 5.67. The van der Waals surface area contributed by atoms with Crippen molar-refractivity contribution in [1.82, 2.24) is 4.90 Å². The quantitative estimate of drug-likeness (QED) is 0.808. The van der Waals surface area contributed by atoms with Crippen LogP contribution < -0.4 is 0 Å². The maximum Gasteiger partial charge on any atom is 0.410 e. The predicted octanol–water partition coefficient (Wildman–Crippen LogP) is 0.986. The first-order chi connectivity index (χ1) is 7.98. The van der Waals surface area contributed by atoms with Crippen molar-refractivity contribution < 1.29 is 23.4 Å². The maximum atomic E-state index is 12.6. The summed E-state index contributed by atoms with van der Waals surface area (Å²) < 4.78 is 29.6. The van der Waals surface area contributed by atoms with Crippen molar-refractivity contribution in [2.75, 3.05) is 26.3 Å². The average Bonchev–Trinajstić information content (AvgIpc) is 2.36. The molecule has 1 atom stereocenters. The molecule has 0 radical (unpaired) electrons. The van der Waals surface area contributed by atoms with Crippen LogP contribution in [0.5, 0.6) is 0 Å². The van der Waals surface area contributed by atoms with Crippen molar-refractivity contribution in [2.24, 2.45) is 5.92 Å². The Kier molecular flexibility index (Phi) is 4.63. The van der Waals surface area contributed by atoms with Crippen molar-refractivity contribution in [2.45, 2.75) is 18.8 Å². The molecule has 96 valence electrons. The number of alkyl halides is 2. The van der Waals surface area contributed by atoms with Gasteiger partial charge in [-0.25, -0.2) is 13.6 Å². The summed E-state index contributed by atoms with van der Waals surface area (Å²) in [4.78, 5) is 12.6. The van der Waals surface area contributed by atoms with Gasteiger partial charge in [0.15, 0.2) is 6.61 Å². The van der Waals surface area contributed by atoms with Crippen LogP contribution in [-0.2, 0) is 4.74 Å². The molecule has 1 aliphatic rings. The fourth-order valence-electron chi connectivity index (χ4n) is 1.55. The summed E-state index contributed by atoms with van der Waals surface area (Å²) in [5.41, 5.74) is 0. The van der Waals surface area contributed by atoms with Crippen LogP contribution in [0.25, 0.3) is 0 Å². The van der Waals surface area contributed by atoms with E-state index >= 15 is 0 Å². The molecular weight excluding hydrogens is 234 g/mol. The highest BCUT2D eigenvalue weighted by Gasteiger charge is 2.32. The molecule has 0 aliphatic carbocycles. The molecular formula is C10H14F2N2O3. The summed E-state index contributed by atoms with van der Waals surface area (Å²) in [6.07, 6.45) is 0.495. The Labute approximate surface area is 97.6 Å². The zero-order valence-corrected chi connectivity index (χ0v) is 9.23. The Morgan fingerprint density at radius 1 is 1.65 bits per heavy atom. The molecule has 17 heavy (non-hydrogen) atoms. The van der Waals surface area contributed by atoms with Gasteiger partial charge in [-0.2, -0.15) is 5.26 Å². The van der Waals surface area contributed by atoms with Gasteiger partial charge in [-0.05, 0) is 12.8 Å². The Bertz CT molecular complexity index is 317. The van der Waals surface area contributed by atoms with Crippen LogP contribution in [0, 0.1) is 17.2 Å². The van der Waals surface area contributed by atoms with Crippen molar-refractivity contribution in [3.63, 3.8) is 0 Å². The monoisotopic (exact) mass is 248 g/mol. The van der Waals surface area contributed by atoms with E-state index in [-0.39, 0.29) is 12.5 Å². The first-order valence-corrected chi connectivity index (χ1v) is 5.28. The second kappa shape index (κ2) is 5.77. The van der Waals surface area contributed by atoms with Gasteiger partial charge >= 0.3 is 12.0 Å². The van der Waals surface area contributed by atoms with Crippen molar-refractivity contribution >= 4 is 6.09 Å². The van der Waals surface area contributed by atoms with Crippen molar-refractivity contribution in [3.8, 4) is 6.07 Å². The molecule has 7 heteroatoms. The van der Waals surface area contributed by atoms with Gasteiger partial charge in [0, 0.05) is 13.1 Å². The second-order valence-electron chi connectivity index (χ2n) is 3.98. The molecule has 1 saturated heterocycles. The Morgan fingerprint density at radius 2 is 2.35 bits per heavy atom. The van der Waals surface area contributed by atoms with Gasteiger partial charge in [-0.1, -0.05) is 0 Å². The molecule has 0 aromatic rings. The lowest BCUT2D eigenvalue weighted by atomic mass is 10.0. The molecule has 1 fully saturated rings. The topological polar surface area (TPSA) is 73.6 Å². The Morgan fingerprint density at radius 3 is 2.94 bits per heavy atom. The maximum absolute atomic E-state index is 12.6. The number of amides is 1. The molecule has 0 spiro atoms. The van der Waals surface area contributed by atoms with Crippen LogP contribution in [0.1, 0.15) is 12.8 Å². The molecule has 1 aliphatic heterocycles. The zero-order valence-electron chi connectivity index (χ0n) is 9.23. The second-order valence-corrected chi connectivity index (χ2v) is 3.98. The molecule has 0 aromatic carbocycles. The third-order valence-electron chi connectivity index (χ3n) is 2.50. The number of aliphatic hydroxyl groups is 1. The first kappa shape index (κ1) is 13.6. The summed E-state index contributed by atoms with van der Waals surface area (Å²) >= 11 is 0. The smallest absolute Gasteiger partial charge is 0.410 e. The number of hydrogen-bond acceptors (Lipinski definition) is 4. The highest BCUT2D eigenvalue weighted by atomic mass is 19.3. The van der Waals surface area contributed by atoms with E-state index in [0.29, 0.717) is 19.4 Å². The van der Waals surface area contributed by atoms with Crippen LogP contribution in [0.15, 0.2) is 0 Å². The van der Waals surface area contributed by atoms with Gasteiger partial charge in [0.1, 0.15) is 6.61 Å². The van der Waals surface area contributed by atoms with E-state index in [1.807, 2.05) is 6.07 Å². The van der Waals surface area contributed by atoms with Gasteiger partial charge in [-0.3, -0.25) is 0 Å². The van der Waals surface area contributed by atoms with Gasteiger partial charge in [-0.15, -0.1) is 0 Å². The van der Waals surface area contributed by atoms with Gasteiger partial charge in [0.05, 0.1) is 12.0 Å². The summed E-state index contributed by atoms with van der Waals surface area (Å²) in [6.45, 7) is -1.89. The van der Waals surface area contributed by atoms with E-state index in [9.17, 15) is 13.6 Å². The van der Waals surface area contributed by atoms with E-state index in [4.69, 9.17) is 10.4 Å². The number of ether oxygens (including phenoxy) is 1. The Hall–Kier alpha value is -1.42. The molecule has 5 nitrogen and oxygen atoms in total. The molecule has 0 unspecified atom stereocenters. The fourth-order valence-corrected chi connectivity index (χ4v) is 1.55. The third-order valence-corrected chi connectivity index (χ3v) is 2.50. The van der Waals surface area contributed by atoms with Crippen LogP contribution in [-0.4, -0.2) is 48.3 Å². The van der Waals surface area contributed by atoms with Crippen LogP contribution >= 0.6 is 0 Å². The van der Waals surface area contributed by atoms with Crippen LogP contribution in [0.2, 0.25) is 0 Å². The largest absolute Gasteiger partial charge is 0.443 e. The first-order valence-electron chi connectivity index (χ1n) is 5.28. The fraction of sp³-hybridized carbons (Fsp3) is 0.800. The van der Waals surface area contributed by atoms with E-state index in [2.05, 4.69) is 4.74 Å². The molecule has 1 rings (SSSR count). The van der Waals surface area contributed by atoms with Crippen LogP contribution in [0.4, 0.5) is 13.6 Å². The lowest BCUT2D eigenvalue weighted by Crippen LogP contribution is -2.41. The number of aliphatic hydroxyl groups excluding tert-OH is 1. The molecule has 0 saturated carbocycles. The number of likely N-dealkylation sites (tertiary alicyclic amines) is 1. The predicted molar refractivity (Wildman–Crippen MR) is 53.3 cm³/mol. The SMILES string of the molecule is N#C[C@H]1CCCN(C(=O)OCC(F)(F)CO)C1. The van der Waals surface area contributed by atoms with Crippen molar-refractivity contribution in [3.05, 3.63) is 0 Å². The number of hydrogen-bond donors (Lipinski definition) is 1. The highest BCUT2D eigenvalue weighted by Crippen LogP contribution is 2.18.